The molecule has 0 radical (unpaired) electrons. The lowest BCUT2D eigenvalue weighted by Gasteiger charge is -2.23. The largest absolute Gasteiger partial charge is 0.312 e. The minimum absolute atomic E-state index is 0.109. The zero-order valence-electron chi connectivity index (χ0n) is 11.7. The van der Waals surface area contributed by atoms with Crippen molar-refractivity contribution in [3.63, 3.8) is 0 Å². The summed E-state index contributed by atoms with van der Waals surface area (Å²) in [5.74, 6) is -0.128. The molecule has 19 heavy (non-hydrogen) atoms. The molecule has 2 rings (SSSR count). The van der Waals surface area contributed by atoms with Crippen LogP contribution >= 0.6 is 11.3 Å². The summed E-state index contributed by atoms with van der Waals surface area (Å²) in [4.78, 5) is 1.37. The SMILES string of the molecule is Cc1ccc(CNCC(C)(C)c2cccs2)cc1F. The van der Waals surface area contributed by atoms with Gasteiger partial charge in [-0.25, -0.2) is 4.39 Å². The molecular formula is C16H20FNS. The van der Waals surface area contributed by atoms with E-state index in [4.69, 9.17) is 0 Å². The molecular weight excluding hydrogens is 257 g/mol. The molecule has 102 valence electrons. The van der Waals surface area contributed by atoms with E-state index < -0.39 is 0 Å². The predicted octanol–water partition coefficient (Wildman–Crippen LogP) is 4.26. The van der Waals surface area contributed by atoms with E-state index in [-0.39, 0.29) is 11.2 Å². The molecule has 0 atom stereocenters. The molecule has 3 heteroatoms. The van der Waals surface area contributed by atoms with Gasteiger partial charge >= 0.3 is 0 Å². The van der Waals surface area contributed by atoms with Gasteiger partial charge in [0.05, 0.1) is 0 Å². The molecule has 0 spiro atoms. The maximum absolute atomic E-state index is 13.4. The Balaban J connectivity index is 1.91. The Morgan fingerprint density at radius 1 is 1.26 bits per heavy atom. The minimum atomic E-state index is -0.128. The lowest BCUT2D eigenvalue weighted by atomic mass is 9.91. The maximum Gasteiger partial charge on any atom is 0.126 e. The molecule has 1 aromatic heterocycles. The van der Waals surface area contributed by atoms with Crippen molar-refractivity contribution in [2.24, 2.45) is 0 Å². The van der Waals surface area contributed by atoms with E-state index in [0.29, 0.717) is 12.1 Å². The number of aryl methyl sites for hydroxylation is 1. The Morgan fingerprint density at radius 2 is 2.05 bits per heavy atom. The predicted molar refractivity (Wildman–Crippen MR) is 80.2 cm³/mol. The van der Waals surface area contributed by atoms with E-state index in [0.717, 1.165) is 12.1 Å². The summed E-state index contributed by atoms with van der Waals surface area (Å²) < 4.78 is 13.4. The highest BCUT2D eigenvalue weighted by molar-refractivity contribution is 7.10. The lowest BCUT2D eigenvalue weighted by molar-refractivity contribution is 0.476. The zero-order chi connectivity index (χ0) is 13.9. The van der Waals surface area contributed by atoms with Crippen molar-refractivity contribution < 1.29 is 4.39 Å². The lowest BCUT2D eigenvalue weighted by Crippen LogP contribution is -2.31. The molecule has 1 nitrogen and oxygen atoms in total. The highest BCUT2D eigenvalue weighted by Crippen LogP contribution is 2.26. The highest BCUT2D eigenvalue weighted by Gasteiger charge is 2.20. The first-order valence-electron chi connectivity index (χ1n) is 6.49. The molecule has 0 aliphatic carbocycles. The molecule has 1 heterocycles. The van der Waals surface area contributed by atoms with Gasteiger partial charge in [0, 0.05) is 23.4 Å². The first-order valence-corrected chi connectivity index (χ1v) is 7.37. The van der Waals surface area contributed by atoms with Gasteiger partial charge in [-0.05, 0) is 35.6 Å². The molecule has 0 unspecified atom stereocenters. The van der Waals surface area contributed by atoms with Gasteiger partial charge in [-0.2, -0.15) is 0 Å². The number of benzene rings is 1. The monoisotopic (exact) mass is 277 g/mol. The second-order valence-electron chi connectivity index (χ2n) is 5.55. The average Bonchev–Trinajstić information content (AvgIpc) is 2.88. The van der Waals surface area contributed by atoms with E-state index >= 15 is 0 Å². The quantitative estimate of drug-likeness (QED) is 0.861. The van der Waals surface area contributed by atoms with Gasteiger partial charge in [0.2, 0.25) is 0 Å². The molecule has 1 aromatic carbocycles. The summed E-state index contributed by atoms with van der Waals surface area (Å²) in [6.07, 6.45) is 0. The Bertz CT molecular complexity index is 532. The van der Waals surface area contributed by atoms with Crippen LogP contribution in [-0.4, -0.2) is 6.54 Å². The maximum atomic E-state index is 13.4. The fourth-order valence-electron chi connectivity index (χ4n) is 2.02. The van der Waals surface area contributed by atoms with Gasteiger partial charge < -0.3 is 5.32 Å². The van der Waals surface area contributed by atoms with Crippen LogP contribution in [0.2, 0.25) is 0 Å². The summed E-state index contributed by atoms with van der Waals surface area (Å²) in [6.45, 7) is 7.81. The van der Waals surface area contributed by atoms with Crippen molar-refractivity contribution in [2.75, 3.05) is 6.54 Å². The molecule has 0 aliphatic heterocycles. The van der Waals surface area contributed by atoms with Crippen molar-refractivity contribution in [1.29, 1.82) is 0 Å². The molecule has 2 aromatic rings. The average molecular weight is 277 g/mol. The van der Waals surface area contributed by atoms with Gasteiger partial charge in [0.15, 0.2) is 0 Å². The van der Waals surface area contributed by atoms with E-state index in [1.165, 1.54) is 4.88 Å². The molecule has 0 bridgehead atoms. The highest BCUT2D eigenvalue weighted by atomic mass is 32.1. The van der Waals surface area contributed by atoms with E-state index in [1.54, 1.807) is 24.3 Å². The van der Waals surface area contributed by atoms with Crippen LogP contribution in [0.3, 0.4) is 0 Å². The molecule has 1 N–H and O–H groups in total. The summed E-state index contributed by atoms with van der Waals surface area (Å²) in [5.41, 5.74) is 1.80. The fraction of sp³-hybridized carbons (Fsp3) is 0.375. The molecule has 0 aliphatic rings. The van der Waals surface area contributed by atoms with Crippen LogP contribution < -0.4 is 5.32 Å². The van der Waals surface area contributed by atoms with Crippen molar-refractivity contribution in [2.45, 2.75) is 32.7 Å². The first kappa shape index (κ1) is 14.2. The Hall–Kier alpha value is -1.19. The number of thiophene rings is 1. The van der Waals surface area contributed by atoms with Gasteiger partial charge in [-0.15, -0.1) is 11.3 Å². The van der Waals surface area contributed by atoms with Crippen molar-refractivity contribution in [1.82, 2.24) is 5.32 Å². The smallest absolute Gasteiger partial charge is 0.126 e. The summed E-state index contributed by atoms with van der Waals surface area (Å²) >= 11 is 1.78. The summed E-state index contributed by atoms with van der Waals surface area (Å²) in [7, 11) is 0. The summed E-state index contributed by atoms with van der Waals surface area (Å²) in [5, 5.41) is 5.52. The number of nitrogens with one attached hydrogen (secondary N) is 1. The van der Waals surface area contributed by atoms with E-state index in [1.807, 2.05) is 12.1 Å². The van der Waals surface area contributed by atoms with Crippen LogP contribution in [0.25, 0.3) is 0 Å². The summed E-state index contributed by atoms with van der Waals surface area (Å²) in [6, 6.07) is 9.66. The van der Waals surface area contributed by atoms with Crippen LogP contribution in [0.15, 0.2) is 35.7 Å². The van der Waals surface area contributed by atoms with Crippen LogP contribution in [0.1, 0.15) is 29.9 Å². The normalized spacial score (nSPS) is 11.8. The van der Waals surface area contributed by atoms with Crippen LogP contribution in [0.4, 0.5) is 4.39 Å². The number of halogens is 1. The third kappa shape index (κ3) is 3.64. The van der Waals surface area contributed by atoms with E-state index in [2.05, 4.69) is 36.7 Å². The van der Waals surface area contributed by atoms with Crippen LogP contribution in [-0.2, 0) is 12.0 Å². The van der Waals surface area contributed by atoms with Gasteiger partial charge in [0.25, 0.3) is 0 Å². The Kier molecular flexibility index (Phi) is 4.38. The van der Waals surface area contributed by atoms with E-state index in [9.17, 15) is 4.39 Å². The number of rotatable bonds is 5. The van der Waals surface area contributed by atoms with Crippen molar-refractivity contribution in [3.8, 4) is 0 Å². The molecule has 0 saturated carbocycles. The zero-order valence-corrected chi connectivity index (χ0v) is 12.5. The number of hydrogen-bond donors (Lipinski definition) is 1. The van der Waals surface area contributed by atoms with Gasteiger partial charge in [0.1, 0.15) is 5.82 Å². The Labute approximate surface area is 118 Å². The minimum Gasteiger partial charge on any atom is -0.312 e. The topological polar surface area (TPSA) is 12.0 Å². The van der Waals surface area contributed by atoms with Crippen molar-refractivity contribution in [3.05, 3.63) is 57.5 Å². The van der Waals surface area contributed by atoms with Crippen molar-refractivity contribution >= 4 is 11.3 Å². The second-order valence-corrected chi connectivity index (χ2v) is 6.50. The molecule has 0 amide bonds. The molecule has 0 saturated heterocycles. The van der Waals surface area contributed by atoms with Crippen LogP contribution in [0, 0.1) is 12.7 Å². The third-order valence-electron chi connectivity index (χ3n) is 3.32. The standard InChI is InChI=1S/C16H20FNS/c1-12-6-7-13(9-14(12)17)10-18-11-16(2,3)15-5-4-8-19-15/h4-9,18H,10-11H2,1-3H3. The van der Waals surface area contributed by atoms with Gasteiger partial charge in [-0.1, -0.05) is 32.0 Å². The van der Waals surface area contributed by atoms with Gasteiger partial charge in [-0.3, -0.25) is 0 Å². The van der Waals surface area contributed by atoms with Crippen LogP contribution in [0.5, 0.6) is 0 Å². The second kappa shape index (κ2) is 5.85. The molecule has 0 fully saturated rings. The Morgan fingerprint density at radius 3 is 2.68 bits per heavy atom. The first-order chi connectivity index (χ1) is 8.99. The number of hydrogen-bond acceptors (Lipinski definition) is 2. The fourth-order valence-corrected chi connectivity index (χ4v) is 2.87. The third-order valence-corrected chi connectivity index (χ3v) is 4.56.